The lowest BCUT2D eigenvalue weighted by atomic mass is 10.1. The van der Waals surface area contributed by atoms with Crippen LogP contribution in [0.1, 0.15) is 5.56 Å². The third kappa shape index (κ3) is 1.88. The molecule has 1 amide bonds. The van der Waals surface area contributed by atoms with Gasteiger partial charge in [-0.15, -0.1) is 0 Å². The number of hydrogen-bond acceptors (Lipinski definition) is 4. The number of phenols is 1. The summed E-state index contributed by atoms with van der Waals surface area (Å²) in [4.78, 5) is 21.4. The molecular formula is C11H9NO4. The molecule has 0 atom stereocenters. The van der Waals surface area contributed by atoms with Crippen molar-refractivity contribution < 1.29 is 14.3 Å². The number of nitrogens with one attached hydrogen (secondary N) is 1. The fourth-order valence-electron chi connectivity index (χ4n) is 1.52. The van der Waals surface area contributed by atoms with Crippen LogP contribution in [-0.4, -0.2) is 11.5 Å². The number of rotatable bonds is 3. The van der Waals surface area contributed by atoms with Crippen LogP contribution in [0.2, 0.25) is 0 Å². The minimum Gasteiger partial charge on any atom is -0.508 e. The minimum atomic E-state index is -0.513. The zero-order valence-corrected chi connectivity index (χ0v) is 8.27. The lowest BCUT2D eigenvalue weighted by Crippen LogP contribution is -2.12. The Bertz CT molecular complexity index is 588. The summed E-state index contributed by atoms with van der Waals surface area (Å²) in [5, 5.41) is 12.4. The second-order valence-corrected chi connectivity index (χ2v) is 3.27. The first-order chi connectivity index (χ1) is 7.70. The molecule has 0 saturated heterocycles. The molecule has 1 heterocycles. The number of benzene rings is 1. The Hall–Kier alpha value is -2.30. The molecular weight excluding hydrogens is 210 g/mol. The molecule has 5 heteroatoms. The topological polar surface area (TPSA) is 79.5 Å². The van der Waals surface area contributed by atoms with E-state index in [2.05, 4.69) is 5.32 Å². The number of phenolic OH excluding ortho intramolecular Hbond substituents is 1. The van der Waals surface area contributed by atoms with Gasteiger partial charge in [0.15, 0.2) is 0 Å². The summed E-state index contributed by atoms with van der Waals surface area (Å²) in [5.41, 5.74) is 0.439. The second-order valence-electron chi connectivity index (χ2n) is 3.27. The number of carbonyl (C=O) groups is 1. The Balaban J connectivity index is 2.63. The molecule has 2 N–H and O–H groups in total. The van der Waals surface area contributed by atoms with Crippen LogP contribution in [-0.2, 0) is 11.3 Å². The van der Waals surface area contributed by atoms with E-state index < -0.39 is 5.63 Å². The average molecular weight is 219 g/mol. The van der Waals surface area contributed by atoms with E-state index in [0.717, 1.165) is 0 Å². The Labute approximate surface area is 90.3 Å². The van der Waals surface area contributed by atoms with Crippen LogP contribution in [0.3, 0.4) is 0 Å². The maximum Gasteiger partial charge on any atom is 0.336 e. The molecule has 1 aromatic carbocycles. The number of carbonyl (C=O) groups excluding carboxylic acids is 1. The fourth-order valence-corrected chi connectivity index (χ4v) is 1.52. The number of aromatic hydroxyl groups is 1. The summed E-state index contributed by atoms with van der Waals surface area (Å²) in [6.07, 6.45) is 0.556. The summed E-state index contributed by atoms with van der Waals surface area (Å²) in [6, 6.07) is 5.80. The van der Waals surface area contributed by atoms with Gasteiger partial charge < -0.3 is 14.8 Å². The number of hydrogen-bond donors (Lipinski definition) is 2. The first kappa shape index (κ1) is 10.2. The van der Waals surface area contributed by atoms with Gasteiger partial charge in [-0.2, -0.15) is 0 Å². The van der Waals surface area contributed by atoms with Crippen LogP contribution in [0.15, 0.2) is 33.5 Å². The van der Waals surface area contributed by atoms with E-state index in [4.69, 9.17) is 4.42 Å². The van der Waals surface area contributed by atoms with Crippen molar-refractivity contribution in [3.8, 4) is 5.75 Å². The second kappa shape index (κ2) is 4.06. The van der Waals surface area contributed by atoms with Crippen LogP contribution in [0.25, 0.3) is 11.0 Å². The maximum atomic E-state index is 11.2. The smallest absolute Gasteiger partial charge is 0.336 e. The molecule has 0 aliphatic rings. The van der Waals surface area contributed by atoms with Gasteiger partial charge in [0.2, 0.25) is 6.41 Å². The van der Waals surface area contributed by atoms with Crippen molar-refractivity contribution in [2.75, 3.05) is 0 Å². The van der Waals surface area contributed by atoms with Gasteiger partial charge in [0.05, 0.1) is 0 Å². The minimum absolute atomic E-state index is 0.0242. The Morgan fingerprint density at radius 3 is 2.94 bits per heavy atom. The third-order valence-electron chi connectivity index (χ3n) is 2.19. The van der Waals surface area contributed by atoms with Gasteiger partial charge in [-0.3, -0.25) is 4.79 Å². The molecule has 2 rings (SSSR count). The van der Waals surface area contributed by atoms with Crippen LogP contribution >= 0.6 is 0 Å². The summed E-state index contributed by atoms with van der Waals surface area (Å²) >= 11 is 0. The molecule has 0 saturated carbocycles. The molecule has 0 fully saturated rings. The molecule has 0 radical (unpaired) electrons. The Morgan fingerprint density at radius 2 is 2.19 bits per heavy atom. The zero-order valence-electron chi connectivity index (χ0n) is 8.27. The van der Waals surface area contributed by atoms with E-state index in [1.54, 1.807) is 6.07 Å². The van der Waals surface area contributed by atoms with E-state index in [1.165, 1.54) is 18.2 Å². The van der Waals surface area contributed by atoms with E-state index >= 15 is 0 Å². The molecule has 1 aromatic heterocycles. The quantitative estimate of drug-likeness (QED) is 0.589. The molecule has 5 nitrogen and oxygen atoms in total. The maximum absolute atomic E-state index is 11.2. The van der Waals surface area contributed by atoms with Crippen molar-refractivity contribution in [1.29, 1.82) is 0 Å². The molecule has 0 bridgehead atoms. The first-order valence-corrected chi connectivity index (χ1v) is 4.63. The van der Waals surface area contributed by atoms with Gasteiger partial charge in [0, 0.05) is 24.1 Å². The first-order valence-electron chi connectivity index (χ1n) is 4.63. The summed E-state index contributed by atoms with van der Waals surface area (Å²) in [6.45, 7) is 0.246. The molecule has 0 aliphatic carbocycles. The average Bonchev–Trinajstić information content (AvgIpc) is 2.25. The molecule has 82 valence electrons. The molecule has 16 heavy (non-hydrogen) atoms. The van der Waals surface area contributed by atoms with E-state index in [-0.39, 0.29) is 12.3 Å². The highest BCUT2D eigenvalue weighted by Gasteiger charge is 2.05. The van der Waals surface area contributed by atoms with Gasteiger partial charge in [0.25, 0.3) is 0 Å². The van der Waals surface area contributed by atoms with Gasteiger partial charge in [-0.25, -0.2) is 4.79 Å². The normalized spacial score (nSPS) is 10.2. The predicted octanol–water partition coefficient (Wildman–Crippen LogP) is 0.745. The largest absolute Gasteiger partial charge is 0.508 e. The Kier molecular flexibility index (Phi) is 2.59. The van der Waals surface area contributed by atoms with Crippen LogP contribution < -0.4 is 10.9 Å². The fraction of sp³-hybridized carbons (Fsp3) is 0.0909. The zero-order chi connectivity index (χ0) is 11.5. The summed E-state index contributed by atoms with van der Waals surface area (Å²) in [7, 11) is 0. The van der Waals surface area contributed by atoms with Crippen molar-refractivity contribution in [2.24, 2.45) is 0 Å². The highest BCUT2D eigenvalue weighted by atomic mass is 16.4. The van der Waals surface area contributed by atoms with E-state index in [0.29, 0.717) is 22.9 Å². The van der Waals surface area contributed by atoms with Crippen LogP contribution in [0, 0.1) is 0 Å². The van der Waals surface area contributed by atoms with Gasteiger partial charge in [-0.1, -0.05) is 0 Å². The van der Waals surface area contributed by atoms with E-state index in [9.17, 15) is 14.7 Å². The van der Waals surface area contributed by atoms with Gasteiger partial charge in [-0.05, 0) is 17.7 Å². The number of amides is 1. The van der Waals surface area contributed by atoms with Crippen molar-refractivity contribution in [3.63, 3.8) is 0 Å². The SMILES string of the molecule is O=CNCc1cc(=O)oc2cc(O)ccc12. The van der Waals surface area contributed by atoms with Crippen molar-refractivity contribution in [2.45, 2.75) is 6.54 Å². The Morgan fingerprint density at radius 1 is 1.38 bits per heavy atom. The summed E-state index contributed by atoms with van der Waals surface area (Å²) in [5.74, 6) is 0.0242. The lowest BCUT2D eigenvalue weighted by molar-refractivity contribution is -0.109. The van der Waals surface area contributed by atoms with Crippen LogP contribution in [0.4, 0.5) is 0 Å². The van der Waals surface area contributed by atoms with Crippen molar-refractivity contribution in [3.05, 3.63) is 40.2 Å². The highest BCUT2D eigenvalue weighted by molar-refractivity contribution is 5.81. The monoisotopic (exact) mass is 219 g/mol. The lowest BCUT2D eigenvalue weighted by Gasteiger charge is -2.04. The van der Waals surface area contributed by atoms with E-state index in [1.807, 2.05) is 0 Å². The van der Waals surface area contributed by atoms with Crippen LogP contribution in [0.5, 0.6) is 5.75 Å². The highest BCUT2D eigenvalue weighted by Crippen LogP contribution is 2.21. The van der Waals surface area contributed by atoms with Gasteiger partial charge in [0.1, 0.15) is 11.3 Å². The predicted molar refractivity (Wildman–Crippen MR) is 57.1 cm³/mol. The van der Waals surface area contributed by atoms with Crippen molar-refractivity contribution >= 4 is 17.4 Å². The number of fused-ring (bicyclic) bond motifs is 1. The summed E-state index contributed by atoms with van der Waals surface area (Å²) < 4.78 is 4.93. The standard InChI is InChI=1S/C11H9NO4/c13-6-12-5-7-3-11(15)16-10-4-8(14)1-2-9(7)10/h1-4,6,14H,5H2,(H,12,13). The molecule has 0 spiro atoms. The molecule has 0 aliphatic heterocycles. The van der Waals surface area contributed by atoms with Crippen molar-refractivity contribution in [1.82, 2.24) is 5.32 Å². The molecule has 2 aromatic rings. The molecule has 0 unspecified atom stereocenters. The van der Waals surface area contributed by atoms with Gasteiger partial charge >= 0.3 is 5.63 Å². The third-order valence-corrected chi connectivity index (χ3v) is 2.19.